The Bertz CT molecular complexity index is 567. The number of carboxylic acid groups (broad SMARTS) is 1. The first-order valence-corrected chi connectivity index (χ1v) is 6.59. The summed E-state index contributed by atoms with van der Waals surface area (Å²) in [5.74, 6) is -0.557. The predicted octanol–water partition coefficient (Wildman–Crippen LogP) is 2.32. The molecule has 0 bridgehead atoms. The van der Waals surface area contributed by atoms with Gasteiger partial charge in [0.05, 0.1) is 0 Å². The minimum atomic E-state index is -1.12. The van der Waals surface area contributed by atoms with Gasteiger partial charge >= 0.3 is 0 Å². The number of halogens is 1. The van der Waals surface area contributed by atoms with Gasteiger partial charge in [-0.25, -0.2) is 0 Å². The average molecular weight is 320 g/mol. The highest BCUT2D eigenvalue weighted by atomic mass is 79.9. The number of carbonyl (C=O) groups is 1. The zero-order valence-corrected chi connectivity index (χ0v) is 11.7. The number of benzene rings is 2. The smallest absolute Gasteiger partial charge is 0.123 e. The summed E-state index contributed by atoms with van der Waals surface area (Å²) in [6.45, 7) is 0.405. The first kappa shape index (κ1) is 13.6. The van der Waals surface area contributed by atoms with Gasteiger partial charge in [-0.1, -0.05) is 46.3 Å². The van der Waals surface area contributed by atoms with Gasteiger partial charge in [0.15, 0.2) is 0 Å². The fourth-order valence-electron chi connectivity index (χ4n) is 1.72. The van der Waals surface area contributed by atoms with Crippen molar-refractivity contribution in [3.63, 3.8) is 0 Å². The summed E-state index contributed by atoms with van der Waals surface area (Å²) in [6, 6.07) is 15.0. The highest BCUT2D eigenvalue weighted by Crippen LogP contribution is 2.24. The van der Waals surface area contributed by atoms with Gasteiger partial charge in [-0.15, -0.1) is 0 Å². The lowest BCUT2D eigenvalue weighted by molar-refractivity contribution is -0.304. The van der Waals surface area contributed by atoms with E-state index in [1.54, 1.807) is 12.1 Å². The summed E-state index contributed by atoms with van der Waals surface area (Å²) >= 11 is 3.31. The zero-order chi connectivity index (χ0) is 13.7. The van der Waals surface area contributed by atoms with Crippen LogP contribution in [-0.4, -0.2) is 5.97 Å². The van der Waals surface area contributed by atoms with Crippen LogP contribution in [0, 0.1) is 0 Å². The third-order valence-electron chi connectivity index (χ3n) is 2.59. The van der Waals surface area contributed by atoms with Crippen LogP contribution in [0.15, 0.2) is 53.0 Å². The number of aliphatic carboxylic acids is 1. The zero-order valence-electron chi connectivity index (χ0n) is 10.1. The maximum atomic E-state index is 10.7. The number of ether oxygens (including phenoxy) is 1. The predicted molar refractivity (Wildman–Crippen MR) is 73.6 cm³/mol. The molecule has 0 aliphatic rings. The lowest BCUT2D eigenvalue weighted by atomic mass is 10.1. The standard InChI is InChI=1S/C15H13BrO3/c16-13-6-7-14(12(8-13)9-15(17)18)19-10-11-4-2-1-3-5-11/h1-8H,9-10H2,(H,17,18)/p-1. The van der Waals surface area contributed by atoms with E-state index in [9.17, 15) is 9.90 Å². The second kappa shape index (κ2) is 6.38. The quantitative estimate of drug-likeness (QED) is 0.849. The van der Waals surface area contributed by atoms with Crippen LogP contribution in [-0.2, 0) is 17.8 Å². The van der Waals surface area contributed by atoms with Crippen molar-refractivity contribution in [1.29, 1.82) is 0 Å². The molecule has 3 nitrogen and oxygen atoms in total. The maximum Gasteiger partial charge on any atom is 0.123 e. The molecule has 2 aromatic carbocycles. The molecule has 4 heteroatoms. The van der Waals surface area contributed by atoms with Crippen LogP contribution in [0.2, 0.25) is 0 Å². The lowest BCUT2D eigenvalue weighted by Crippen LogP contribution is -2.24. The van der Waals surface area contributed by atoms with Crippen molar-refractivity contribution in [3.8, 4) is 5.75 Å². The highest BCUT2D eigenvalue weighted by molar-refractivity contribution is 9.10. The number of hydrogen-bond acceptors (Lipinski definition) is 3. The Kier molecular flexibility index (Phi) is 4.58. The molecule has 98 valence electrons. The van der Waals surface area contributed by atoms with Crippen molar-refractivity contribution < 1.29 is 14.6 Å². The van der Waals surface area contributed by atoms with E-state index in [2.05, 4.69) is 15.9 Å². The number of carbonyl (C=O) groups excluding carboxylic acids is 1. The third kappa shape index (κ3) is 4.10. The first-order chi connectivity index (χ1) is 9.15. The molecule has 0 saturated carbocycles. The van der Waals surface area contributed by atoms with Gasteiger partial charge in [0.25, 0.3) is 0 Å². The van der Waals surface area contributed by atoms with Crippen molar-refractivity contribution in [2.24, 2.45) is 0 Å². The molecule has 0 aliphatic carbocycles. The van der Waals surface area contributed by atoms with Gasteiger partial charge in [0.1, 0.15) is 12.4 Å². The minimum absolute atomic E-state index is 0.163. The van der Waals surface area contributed by atoms with Gasteiger partial charge in [-0.2, -0.15) is 0 Å². The van der Waals surface area contributed by atoms with Crippen molar-refractivity contribution in [2.75, 3.05) is 0 Å². The van der Waals surface area contributed by atoms with E-state index in [4.69, 9.17) is 4.74 Å². The van der Waals surface area contributed by atoms with E-state index in [-0.39, 0.29) is 6.42 Å². The molecule has 0 N–H and O–H groups in total. The summed E-state index contributed by atoms with van der Waals surface area (Å²) < 4.78 is 6.48. The van der Waals surface area contributed by atoms with E-state index in [0.717, 1.165) is 10.0 Å². The molecule has 0 spiro atoms. The molecule has 2 aromatic rings. The topological polar surface area (TPSA) is 49.4 Å². The van der Waals surface area contributed by atoms with E-state index in [1.165, 1.54) is 0 Å². The normalized spacial score (nSPS) is 10.2. The first-order valence-electron chi connectivity index (χ1n) is 5.80. The second-order valence-corrected chi connectivity index (χ2v) is 4.99. The van der Waals surface area contributed by atoms with Crippen molar-refractivity contribution >= 4 is 21.9 Å². The Hall–Kier alpha value is -1.81. The highest BCUT2D eigenvalue weighted by Gasteiger charge is 2.05. The van der Waals surface area contributed by atoms with Crippen LogP contribution in [0.4, 0.5) is 0 Å². The van der Waals surface area contributed by atoms with Crippen LogP contribution >= 0.6 is 15.9 Å². The molecule has 0 radical (unpaired) electrons. The van der Waals surface area contributed by atoms with Crippen LogP contribution in [0.25, 0.3) is 0 Å². The fourth-order valence-corrected chi connectivity index (χ4v) is 2.13. The Morgan fingerprint density at radius 1 is 1.16 bits per heavy atom. The summed E-state index contributed by atoms with van der Waals surface area (Å²) in [7, 11) is 0. The van der Waals surface area contributed by atoms with Gasteiger partial charge in [0, 0.05) is 22.4 Å². The Morgan fingerprint density at radius 3 is 2.58 bits per heavy atom. The molecule has 0 unspecified atom stereocenters. The summed E-state index contributed by atoms with van der Waals surface area (Å²) in [6.07, 6.45) is -0.163. The van der Waals surface area contributed by atoms with Gasteiger partial charge in [0.2, 0.25) is 0 Å². The van der Waals surface area contributed by atoms with Crippen molar-refractivity contribution in [1.82, 2.24) is 0 Å². The largest absolute Gasteiger partial charge is 0.550 e. The molecule has 0 aromatic heterocycles. The maximum absolute atomic E-state index is 10.7. The van der Waals surface area contributed by atoms with Crippen molar-refractivity contribution in [2.45, 2.75) is 13.0 Å². The van der Waals surface area contributed by atoms with Crippen LogP contribution in [0.1, 0.15) is 11.1 Å². The number of carboxylic acids is 1. The molecule has 2 rings (SSSR count). The Balaban J connectivity index is 2.13. The molecular formula is C15H12BrO3-. The molecule has 0 saturated heterocycles. The molecule has 0 atom stereocenters. The molecular weight excluding hydrogens is 308 g/mol. The van der Waals surface area contributed by atoms with Gasteiger partial charge in [-0.3, -0.25) is 0 Å². The summed E-state index contributed by atoms with van der Waals surface area (Å²) in [5.41, 5.74) is 1.63. The van der Waals surface area contributed by atoms with Crippen molar-refractivity contribution in [3.05, 3.63) is 64.1 Å². The third-order valence-corrected chi connectivity index (χ3v) is 3.09. The molecule has 0 aliphatic heterocycles. The second-order valence-electron chi connectivity index (χ2n) is 4.08. The van der Waals surface area contributed by atoms with Crippen LogP contribution in [0.5, 0.6) is 5.75 Å². The lowest BCUT2D eigenvalue weighted by Gasteiger charge is -2.12. The SMILES string of the molecule is O=C([O-])Cc1cc(Br)ccc1OCc1ccccc1. The number of hydrogen-bond donors (Lipinski definition) is 0. The monoisotopic (exact) mass is 319 g/mol. The Morgan fingerprint density at radius 2 is 1.89 bits per heavy atom. The van der Waals surface area contributed by atoms with E-state index in [1.807, 2.05) is 36.4 Å². The van der Waals surface area contributed by atoms with Crippen LogP contribution in [0.3, 0.4) is 0 Å². The summed E-state index contributed by atoms with van der Waals surface area (Å²) in [5, 5.41) is 10.7. The van der Waals surface area contributed by atoms with Gasteiger partial charge < -0.3 is 14.6 Å². The molecule has 19 heavy (non-hydrogen) atoms. The van der Waals surface area contributed by atoms with Crippen LogP contribution < -0.4 is 9.84 Å². The van der Waals surface area contributed by atoms with E-state index < -0.39 is 5.97 Å². The molecule has 0 fully saturated rings. The average Bonchev–Trinajstić information content (AvgIpc) is 2.38. The molecule has 0 heterocycles. The minimum Gasteiger partial charge on any atom is -0.550 e. The molecule has 0 amide bonds. The van der Waals surface area contributed by atoms with Gasteiger partial charge in [-0.05, 0) is 23.8 Å². The van der Waals surface area contributed by atoms with E-state index in [0.29, 0.717) is 17.9 Å². The van der Waals surface area contributed by atoms with E-state index >= 15 is 0 Å². The summed E-state index contributed by atoms with van der Waals surface area (Å²) in [4.78, 5) is 10.7. The Labute approximate surface area is 120 Å². The fraction of sp³-hybridized carbons (Fsp3) is 0.133. The number of rotatable bonds is 5.